The van der Waals surface area contributed by atoms with Gasteiger partial charge in [-0.25, -0.2) is 4.39 Å². The Balaban J connectivity index is 1.40. The number of rotatable bonds is 5. The smallest absolute Gasteiger partial charge is 0.233 e. The van der Waals surface area contributed by atoms with Gasteiger partial charge < -0.3 is 9.84 Å². The number of amides is 2. The van der Waals surface area contributed by atoms with Gasteiger partial charge in [0.1, 0.15) is 0 Å². The highest BCUT2D eigenvalue weighted by molar-refractivity contribution is 6.05. The first-order valence-corrected chi connectivity index (χ1v) is 11.6. The average Bonchev–Trinajstić information content (AvgIpc) is 3.35. The first-order chi connectivity index (χ1) is 16.3. The zero-order valence-electron chi connectivity index (χ0n) is 19.2. The van der Waals surface area contributed by atoms with Gasteiger partial charge in [0.15, 0.2) is 11.6 Å². The van der Waals surface area contributed by atoms with Crippen molar-refractivity contribution in [3.05, 3.63) is 70.8 Å². The van der Waals surface area contributed by atoms with Gasteiger partial charge in [0.25, 0.3) is 0 Å². The number of halogens is 1. The van der Waals surface area contributed by atoms with Crippen LogP contribution >= 0.6 is 0 Å². The molecule has 2 fully saturated rings. The Morgan fingerprint density at radius 1 is 1.24 bits per heavy atom. The van der Waals surface area contributed by atoms with Crippen LogP contribution in [0.2, 0.25) is 0 Å². The summed E-state index contributed by atoms with van der Waals surface area (Å²) in [5, 5.41) is 9.52. The minimum absolute atomic E-state index is 0.0568. The molecule has 176 valence electrons. The molecule has 1 aromatic carbocycles. The van der Waals surface area contributed by atoms with Crippen LogP contribution in [-0.4, -0.2) is 46.6 Å². The maximum Gasteiger partial charge on any atom is 0.233 e. The fraction of sp³-hybridized carbons (Fsp3) is 0.370. The van der Waals surface area contributed by atoms with Crippen LogP contribution in [0, 0.1) is 23.6 Å². The molecule has 1 aromatic heterocycles. The largest absolute Gasteiger partial charge is 0.505 e. The summed E-state index contributed by atoms with van der Waals surface area (Å²) in [7, 11) is 1.57. The highest BCUT2D eigenvalue weighted by Gasteiger charge is 2.55. The summed E-state index contributed by atoms with van der Waals surface area (Å²) in [6, 6.07) is 9.96. The summed E-state index contributed by atoms with van der Waals surface area (Å²) < 4.78 is 20.1. The van der Waals surface area contributed by atoms with Gasteiger partial charge in [-0.15, -0.1) is 0 Å². The molecular weight excluding hydrogens is 435 g/mol. The van der Waals surface area contributed by atoms with E-state index in [1.165, 1.54) is 17.0 Å². The monoisotopic (exact) mass is 462 g/mol. The minimum atomic E-state index is -0.672. The number of phenolic OH excluding ortho intramolecular Hbond substituents is 1. The van der Waals surface area contributed by atoms with Crippen LogP contribution in [-0.2, 0) is 14.3 Å². The number of pyridine rings is 1. The van der Waals surface area contributed by atoms with E-state index in [2.05, 4.69) is 4.98 Å². The number of aromatic hydroxyl groups is 1. The first-order valence-electron chi connectivity index (χ1n) is 11.6. The second-order valence-electron chi connectivity index (χ2n) is 9.37. The maximum absolute atomic E-state index is 13.9. The Morgan fingerprint density at radius 3 is 2.79 bits per heavy atom. The molecule has 3 aliphatic rings. The van der Waals surface area contributed by atoms with Crippen molar-refractivity contribution in [2.75, 3.05) is 13.7 Å². The number of fused-ring (bicyclic) bond motifs is 3. The number of hydrogen-bond donors (Lipinski definition) is 1. The van der Waals surface area contributed by atoms with E-state index in [1.54, 1.807) is 19.3 Å². The third kappa shape index (κ3) is 3.84. The molecule has 0 unspecified atom stereocenters. The average molecular weight is 463 g/mol. The zero-order chi connectivity index (χ0) is 24.0. The number of carbonyl (C=O) groups is 2. The molecule has 6 nitrogen and oxygen atoms in total. The van der Waals surface area contributed by atoms with Gasteiger partial charge in [-0.3, -0.25) is 19.5 Å². The zero-order valence-corrected chi connectivity index (χ0v) is 19.2. The summed E-state index contributed by atoms with van der Waals surface area (Å²) in [5.41, 5.74) is 4.66. The normalized spacial score (nSPS) is 26.8. The van der Waals surface area contributed by atoms with E-state index in [4.69, 9.17) is 4.74 Å². The topological polar surface area (TPSA) is 79.7 Å². The van der Waals surface area contributed by atoms with Crippen molar-refractivity contribution in [1.29, 1.82) is 0 Å². The van der Waals surface area contributed by atoms with Gasteiger partial charge in [-0.2, -0.15) is 0 Å². The lowest BCUT2D eigenvalue weighted by Crippen LogP contribution is -2.33. The van der Waals surface area contributed by atoms with E-state index in [1.807, 2.05) is 31.2 Å². The second-order valence-corrected chi connectivity index (χ2v) is 9.37. The van der Waals surface area contributed by atoms with Gasteiger partial charge in [0.2, 0.25) is 11.8 Å². The van der Waals surface area contributed by atoms with E-state index in [-0.39, 0.29) is 41.4 Å². The van der Waals surface area contributed by atoms with Gasteiger partial charge >= 0.3 is 0 Å². The predicted molar refractivity (Wildman–Crippen MR) is 125 cm³/mol. The van der Waals surface area contributed by atoms with Gasteiger partial charge in [0.05, 0.1) is 30.2 Å². The van der Waals surface area contributed by atoms with Crippen LogP contribution in [0.15, 0.2) is 53.7 Å². The fourth-order valence-electron chi connectivity index (χ4n) is 5.71. The molecule has 3 heterocycles. The van der Waals surface area contributed by atoms with Crippen molar-refractivity contribution in [3.8, 4) is 5.75 Å². The van der Waals surface area contributed by atoms with E-state index in [0.29, 0.717) is 31.4 Å². The molecule has 2 saturated heterocycles. The molecule has 0 radical (unpaired) electrons. The van der Waals surface area contributed by atoms with Crippen molar-refractivity contribution in [3.63, 3.8) is 0 Å². The fourth-order valence-corrected chi connectivity index (χ4v) is 5.71. The summed E-state index contributed by atoms with van der Waals surface area (Å²) in [4.78, 5) is 31.1. The van der Waals surface area contributed by atoms with E-state index < -0.39 is 5.82 Å². The molecule has 1 N–H and O–H groups in total. The summed E-state index contributed by atoms with van der Waals surface area (Å²) >= 11 is 0. The summed E-state index contributed by atoms with van der Waals surface area (Å²) in [5.74, 6) is -1.90. The lowest BCUT2D eigenvalue weighted by Gasteiger charge is -2.30. The number of ether oxygens (including phenoxy) is 1. The van der Waals surface area contributed by atoms with E-state index in [0.717, 1.165) is 22.4 Å². The number of nitrogens with zero attached hydrogens (tertiary/aromatic N) is 2. The quantitative estimate of drug-likeness (QED) is 0.532. The number of phenols is 1. The molecule has 34 heavy (non-hydrogen) atoms. The Hall–Kier alpha value is -3.32. The van der Waals surface area contributed by atoms with Crippen LogP contribution in [0.25, 0.3) is 11.6 Å². The molecule has 0 bridgehead atoms. The Kier molecular flexibility index (Phi) is 5.81. The van der Waals surface area contributed by atoms with Crippen molar-refractivity contribution >= 4 is 23.5 Å². The number of aromatic nitrogens is 1. The standard InChI is InChI=1S/C27H27FN2O4/c1-15-11-18-25(27(33)30(2)26(18)32)19-14-34-23(24(15)19)9-7-17(21-5-3-4-10-29-21)12-16-6-8-22(31)20(28)13-16/h3-6,8,10,12-13,18-19,23,25,31H,7,9,11,14H2,1-2H3/b17-12-/t18-,19+,23-,25-/m1/s1. The lowest BCUT2D eigenvalue weighted by molar-refractivity contribution is -0.138. The van der Waals surface area contributed by atoms with E-state index >= 15 is 0 Å². The molecule has 5 rings (SSSR count). The van der Waals surface area contributed by atoms with Crippen LogP contribution in [0.3, 0.4) is 0 Å². The molecule has 0 spiro atoms. The molecule has 4 atom stereocenters. The summed E-state index contributed by atoms with van der Waals surface area (Å²) in [6.45, 7) is 2.49. The molecule has 7 heteroatoms. The van der Waals surface area contributed by atoms with Crippen molar-refractivity contribution in [2.24, 2.45) is 17.8 Å². The third-order valence-electron chi connectivity index (χ3n) is 7.36. The Labute approximate surface area is 197 Å². The second kappa shape index (κ2) is 8.80. The van der Waals surface area contributed by atoms with Crippen molar-refractivity contribution < 1.29 is 23.8 Å². The lowest BCUT2D eigenvalue weighted by atomic mass is 9.70. The highest BCUT2D eigenvalue weighted by atomic mass is 19.1. The number of allylic oxidation sites excluding steroid dienone is 2. The number of benzene rings is 1. The molecular formula is C27H27FN2O4. The first kappa shape index (κ1) is 22.5. The van der Waals surface area contributed by atoms with Crippen LogP contribution in [0.4, 0.5) is 4.39 Å². The molecule has 2 amide bonds. The predicted octanol–water partition coefficient (Wildman–Crippen LogP) is 4.21. The van der Waals surface area contributed by atoms with Crippen LogP contribution < -0.4 is 0 Å². The maximum atomic E-state index is 13.9. The summed E-state index contributed by atoms with van der Waals surface area (Å²) in [6.07, 6.45) is 5.37. The van der Waals surface area contributed by atoms with Gasteiger partial charge in [-0.05, 0) is 73.2 Å². The van der Waals surface area contributed by atoms with Crippen LogP contribution in [0.1, 0.15) is 37.4 Å². The highest BCUT2D eigenvalue weighted by Crippen LogP contribution is 2.49. The SMILES string of the molecule is CC1=C2[C@@H](CC/C(=C/c3ccc(O)c(F)c3)c3ccccn3)OC[C@@H]2[C@@H]2C(=O)N(C)C(=O)[C@@H]2C1. The third-order valence-corrected chi connectivity index (χ3v) is 7.36. The molecule has 1 aliphatic carbocycles. The molecule has 2 aromatic rings. The molecule has 0 saturated carbocycles. The van der Waals surface area contributed by atoms with E-state index in [9.17, 15) is 19.1 Å². The number of carbonyl (C=O) groups excluding carboxylic acids is 2. The van der Waals surface area contributed by atoms with Crippen molar-refractivity contribution in [1.82, 2.24) is 9.88 Å². The molecule has 2 aliphatic heterocycles. The number of likely N-dealkylation sites (tertiary alicyclic amines) is 1. The number of imide groups is 1. The van der Waals surface area contributed by atoms with Crippen molar-refractivity contribution in [2.45, 2.75) is 32.3 Å². The van der Waals surface area contributed by atoms with Gasteiger partial charge in [-0.1, -0.05) is 17.7 Å². The number of hydrogen-bond acceptors (Lipinski definition) is 5. The van der Waals surface area contributed by atoms with Gasteiger partial charge in [0, 0.05) is 19.2 Å². The Bertz CT molecular complexity index is 1210. The minimum Gasteiger partial charge on any atom is -0.505 e. The van der Waals surface area contributed by atoms with Crippen LogP contribution in [0.5, 0.6) is 5.75 Å². The Morgan fingerprint density at radius 2 is 2.06 bits per heavy atom.